The van der Waals surface area contributed by atoms with Gasteiger partial charge in [0, 0.05) is 13.2 Å². The molecule has 0 N–H and O–H groups in total. The molecule has 1 rings (SSSR count). The second-order valence-electron chi connectivity index (χ2n) is 2.89. The van der Waals surface area contributed by atoms with Crippen molar-refractivity contribution in [1.29, 1.82) is 0 Å². The highest BCUT2D eigenvalue weighted by Gasteiger charge is 2.31. The van der Waals surface area contributed by atoms with Crippen LogP contribution in [0.4, 0.5) is 13.2 Å². The second-order valence-corrected chi connectivity index (χ2v) is 4.14. The van der Waals surface area contributed by atoms with Crippen LogP contribution in [0.3, 0.4) is 0 Å². The summed E-state index contributed by atoms with van der Waals surface area (Å²) in [6, 6.07) is 1.97. The standard InChI is InChI=1S/C10H11F3N2S/c1-3-16-9(14-2)8-6-7(4-5-15-8)10(11,12)13/h4-6H,3H2,1-2H3/b14-9-. The lowest BCUT2D eigenvalue weighted by atomic mass is 10.2. The van der Waals surface area contributed by atoms with Gasteiger partial charge in [-0.25, -0.2) is 0 Å². The highest BCUT2D eigenvalue weighted by molar-refractivity contribution is 8.14. The number of halogens is 3. The van der Waals surface area contributed by atoms with Crippen molar-refractivity contribution < 1.29 is 13.2 Å². The number of nitrogens with zero attached hydrogens (tertiary/aromatic N) is 2. The Morgan fingerprint density at radius 2 is 2.19 bits per heavy atom. The summed E-state index contributed by atoms with van der Waals surface area (Å²) in [7, 11) is 1.54. The first kappa shape index (κ1) is 13.0. The largest absolute Gasteiger partial charge is 0.416 e. The molecule has 0 atom stereocenters. The Labute approximate surface area is 96.0 Å². The molecule has 0 radical (unpaired) electrons. The molecule has 0 aliphatic carbocycles. The third-order valence-corrected chi connectivity index (χ3v) is 2.74. The number of aliphatic imine (C=N–C) groups is 1. The zero-order valence-electron chi connectivity index (χ0n) is 8.88. The van der Waals surface area contributed by atoms with Crippen molar-refractivity contribution in [1.82, 2.24) is 4.98 Å². The molecule has 2 nitrogen and oxygen atoms in total. The maximum Gasteiger partial charge on any atom is 0.416 e. The molecule has 0 amide bonds. The Bertz CT molecular complexity index is 388. The molecule has 0 aliphatic heterocycles. The molecule has 0 bridgehead atoms. The fourth-order valence-electron chi connectivity index (χ4n) is 1.11. The lowest BCUT2D eigenvalue weighted by Crippen LogP contribution is -2.08. The van der Waals surface area contributed by atoms with Gasteiger partial charge in [0.1, 0.15) is 5.04 Å². The van der Waals surface area contributed by atoms with Crippen LogP contribution in [0.5, 0.6) is 0 Å². The molecule has 0 aromatic carbocycles. The van der Waals surface area contributed by atoms with E-state index in [2.05, 4.69) is 9.98 Å². The first-order chi connectivity index (χ1) is 7.49. The first-order valence-electron chi connectivity index (χ1n) is 4.62. The molecule has 16 heavy (non-hydrogen) atoms. The number of pyridine rings is 1. The van der Waals surface area contributed by atoms with Gasteiger partial charge in [0.15, 0.2) is 0 Å². The second kappa shape index (κ2) is 5.34. The summed E-state index contributed by atoms with van der Waals surface area (Å²) >= 11 is 1.37. The van der Waals surface area contributed by atoms with Crippen LogP contribution in [0.15, 0.2) is 23.3 Å². The van der Waals surface area contributed by atoms with E-state index < -0.39 is 11.7 Å². The van der Waals surface area contributed by atoms with Crippen molar-refractivity contribution in [2.75, 3.05) is 12.8 Å². The Balaban J connectivity index is 3.07. The minimum atomic E-state index is -4.34. The highest BCUT2D eigenvalue weighted by atomic mass is 32.2. The topological polar surface area (TPSA) is 25.2 Å². The smallest absolute Gasteiger partial charge is 0.280 e. The third-order valence-electron chi connectivity index (χ3n) is 1.79. The number of alkyl halides is 3. The number of thioether (sulfide) groups is 1. The van der Waals surface area contributed by atoms with Gasteiger partial charge in [0.05, 0.1) is 11.3 Å². The molecule has 0 spiro atoms. The number of rotatable bonds is 2. The summed E-state index contributed by atoms with van der Waals surface area (Å²) in [5.41, 5.74) is -0.431. The molecule has 1 heterocycles. The summed E-state index contributed by atoms with van der Waals surface area (Å²) in [4.78, 5) is 7.81. The number of hydrogen-bond donors (Lipinski definition) is 0. The van der Waals surface area contributed by atoms with Crippen LogP contribution in [0, 0.1) is 0 Å². The Hall–Kier alpha value is -1.04. The maximum absolute atomic E-state index is 12.4. The van der Waals surface area contributed by atoms with E-state index in [1.165, 1.54) is 11.8 Å². The van der Waals surface area contributed by atoms with Crippen molar-refractivity contribution in [3.8, 4) is 0 Å². The molecule has 1 aromatic heterocycles. The third kappa shape index (κ3) is 3.23. The quantitative estimate of drug-likeness (QED) is 0.593. The Kier molecular flexibility index (Phi) is 4.35. The Morgan fingerprint density at radius 3 is 2.69 bits per heavy atom. The van der Waals surface area contributed by atoms with Crippen LogP contribution in [-0.2, 0) is 6.18 Å². The van der Waals surface area contributed by atoms with Gasteiger partial charge in [0.25, 0.3) is 0 Å². The normalized spacial score (nSPS) is 12.9. The average Bonchev–Trinajstić information content (AvgIpc) is 2.25. The van der Waals surface area contributed by atoms with Crippen molar-refractivity contribution in [2.45, 2.75) is 13.1 Å². The van der Waals surface area contributed by atoms with Gasteiger partial charge in [-0.1, -0.05) is 6.92 Å². The lowest BCUT2D eigenvalue weighted by Gasteiger charge is -2.08. The number of hydrogen-bond acceptors (Lipinski definition) is 3. The molecule has 88 valence electrons. The fraction of sp³-hybridized carbons (Fsp3) is 0.400. The highest BCUT2D eigenvalue weighted by Crippen LogP contribution is 2.29. The zero-order valence-corrected chi connectivity index (χ0v) is 9.69. The molecule has 1 aromatic rings. The minimum Gasteiger partial charge on any atom is -0.280 e. The van der Waals surface area contributed by atoms with Crippen molar-refractivity contribution >= 4 is 16.8 Å². The molecule has 0 saturated carbocycles. The van der Waals surface area contributed by atoms with E-state index in [0.29, 0.717) is 5.04 Å². The van der Waals surface area contributed by atoms with E-state index in [4.69, 9.17) is 0 Å². The Morgan fingerprint density at radius 1 is 1.50 bits per heavy atom. The summed E-state index contributed by atoms with van der Waals surface area (Å²) in [5.74, 6) is 0.741. The van der Waals surface area contributed by atoms with E-state index in [0.717, 1.165) is 24.1 Å². The molecule has 0 saturated heterocycles. The van der Waals surface area contributed by atoms with E-state index in [-0.39, 0.29) is 5.69 Å². The van der Waals surface area contributed by atoms with Gasteiger partial charge < -0.3 is 0 Å². The van der Waals surface area contributed by atoms with E-state index in [1.807, 2.05) is 6.92 Å². The van der Waals surface area contributed by atoms with Gasteiger partial charge in [-0.05, 0) is 17.9 Å². The summed E-state index contributed by atoms with van der Waals surface area (Å²) < 4.78 is 37.3. The summed E-state index contributed by atoms with van der Waals surface area (Å²) in [6.07, 6.45) is -3.19. The fourth-order valence-corrected chi connectivity index (χ4v) is 1.78. The van der Waals surface area contributed by atoms with Crippen molar-refractivity contribution in [3.05, 3.63) is 29.6 Å². The average molecular weight is 248 g/mol. The summed E-state index contributed by atoms with van der Waals surface area (Å²) in [5, 5.41) is 0.522. The van der Waals surface area contributed by atoms with E-state index >= 15 is 0 Å². The SMILES string of the molecule is CCS/C(=N\C)c1cc(C(F)(F)F)ccn1. The van der Waals surface area contributed by atoms with Crippen molar-refractivity contribution in [3.63, 3.8) is 0 Å². The van der Waals surface area contributed by atoms with Gasteiger partial charge in [-0.15, -0.1) is 11.8 Å². The molecule has 0 unspecified atom stereocenters. The predicted octanol–water partition coefficient (Wildman–Crippen LogP) is 3.23. The zero-order chi connectivity index (χ0) is 12.2. The van der Waals surface area contributed by atoms with Gasteiger partial charge >= 0.3 is 6.18 Å². The van der Waals surface area contributed by atoms with E-state index in [1.54, 1.807) is 7.05 Å². The van der Waals surface area contributed by atoms with Crippen LogP contribution in [0.2, 0.25) is 0 Å². The van der Waals surface area contributed by atoms with Crippen LogP contribution in [0.1, 0.15) is 18.2 Å². The maximum atomic E-state index is 12.4. The van der Waals surface area contributed by atoms with Crippen LogP contribution >= 0.6 is 11.8 Å². The van der Waals surface area contributed by atoms with Crippen molar-refractivity contribution in [2.24, 2.45) is 4.99 Å². The van der Waals surface area contributed by atoms with Crippen LogP contribution < -0.4 is 0 Å². The van der Waals surface area contributed by atoms with Gasteiger partial charge in [0.2, 0.25) is 0 Å². The molecular weight excluding hydrogens is 237 g/mol. The molecule has 6 heteroatoms. The van der Waals surface area contributed by atoms with Crippen LogP contribution in [-0.4, -0.2) is 22.8 Å². The monoisotopic (exact) mass is 248 g/mol. The van der Waals surface area contributed by atoms with E-state index in [9.17, 15) is 13.2 Å². The first-order valence-corrected chi connectivity index (χ1v) is 5.60. The number of aromatic nitrogens is 1. The minimum absolute atomic E-state index is 0.268. The summed E-state index contributed by atoms with van der Waals surface area (Å²) in [6.45, 7) is 1.91. The van der Waals surface area contributed by atoms with Crippen LogP contribution in [0.25, 0.3) is 0 Å². The molecule has 0 aliphatic rings. The molecular formula is C10H11F3N2S. The molecule has 0 fully saturated rings. The lowest BCUT2D eigenvalue weighted by molar-refractivity contribution is -0.137. The van der Waals surface area contributed by atoms with Gasteiger partial charge in [-0.2, -0.15) is 13.2 Å². The predicted molar refractivity (Wildman–Crippen MR) is 59.8 cm³/mol. The van der Waals surface area contributed by atoms with Gasteiger partial charge in [-0.3, -0.25) is 9.98 Å².